The van der Waals surface area contributed by atoms with Gasteiger partial charge in [0.15, 0.2) is 0 Å². The SMILES string of the molecule is CCC(CC)(C(N)O)C(O)CN(C(C)C)C(C)C. The van der Waals surface area contributed by atoms with Gasteiger partial charge in [-0.05, 0) is 40.5 Å². The van der Waals surface area contributed by atoms with Gasteiger partial charge in [-0.2, -0.15) is 0 Å². The van der Waals surface area contributed by atoms with E-state index in [1.165, 1.54) is 0 Å². The monoisotopic (exact) mass is 260 g/mol. The molecule has 4 heteroatoms. The number of nitrogens with two attached hydrogens (primary N) is 1. The van der Waals surface area contributed by atoms with Gasteiger partial charge in [0.25, 0.3) is 0 Å². The molecule has 0 amide bonds. The Balaban J connectivity index is 4.94. The van der Waals surface area contributed by atoms with E-state index < -0.39 is 17.7 Å². The van der Waals surface area contributed by atoms with Crippen LogP contribution in [0, 0.1) is 5.41 Å². The molecule has 0 aliphatic carbocycles. The Kier molecular flexibility index (Phi) is 7.37. The van der Waals surface area contributed by atoms with Crippen LogP contribution in [0.3, 0.4) is 0 Å². The molecular weight excluding hydrogens is 228 g/mol. The molecule has 2 unspecified atom stereocenters. The van der Waals surface area contributed by atoms with Crippen LogP contribution in [0.15, 0.2) is 0 Å². The minimum absolute atomic E-state index is 0.362. The lowest BCUT2D eigenvalue weighted by Crippen LogP contribution is -2.54. The number of hydrogen-bond donors (Lipinski definition) is 3. The van der Waals surface area contributed by atoms with Crippen molar-refractivity contribution in [1.82, 2.24) is 4.90 Å². The molecule has 0 radical (unpaired) electrons. The topological polar surface area (TPSA) is 69.7 Å². The van der Waals surface area contributed by atoms with Crippen LogP contribution in [0.4, 0.5) is 0 Å². The van der Waals surface area contributed by atoms with Crippen molar-refractivity contribution in [3.8, 4) is 0 Å². The van der Waals surface area contributed by atoms with Crippen molar-refractivity contribution in [3.63, 3.8) is 0 Å². The van der Waals surface area contributed by atoms with Gasteiger partial charge in [-0.15, -0.1) is 0 Å². The van der Waals surface area contributed by atoms with Crippen LogP contribution in [0.25, 0.3) is 0 Å². The van der Waals surface area contributed by atoms with E-state index in [0.717, 1.165) is 0 Å². The molecule has 0 bridgehead atoms. The third-order valence-corrected chi connectivity index (χ3v) is 4.28. The largest absolute Gasteiger partial charge is 0.391 e. The first-order valence-electron chi connectivity index (χ1n) is 7.10. The lowest BCUT2D eigenvalue weighted by atomic mass is 9.75. The molecule has 4 nitrogen and oxygen atoms in total. The fourth-order valence-corrected chi connectivity index (χ4v) is 2.74. The molecule has 18 heavy (non-hydrogen) atoms. The zero-order chi connectivity index (χ0) is 14.5. The van der Waals surface area contributed by atoms with E-state index >= 15 is 0 Å². The molecule has 0 saturated carbocycles. The minimum Gasteiger partial charge on any atom is -0.391 e. The van der Waals surface area contributed by atoms with E-state index in [4.69, 9.17) is 5.73 Å². The van der Waals surface area contributed by atoms with Gasteiger partial charge in [0.05, 0.1) is 6.10 Å². The number of nitrogens with zero attached hydrogens (tertiary/aromatic N) is 1. The van der Waals surface area contributed by atoms with Crippen molar-refractivity contribution in [2.75, 3.05) is 6.54 Å². The molecule has 2 atom stereocenters. The highest BCUT2D eigenvalue weighted by Crippen LogP contribution is 2.33. The maximum Gasteiger partial charge on any atom is 0.110 e. The molecule has 0 heterocycles. The maximum atomic E-state index is 10.5. The van der Waals surface area contributed by atoms with Crippen LogP contribution in [0.5, 0.6) is 0 Å². The minimum atomic E-state index is -0.983. The highest BCUT2D eigenvalue weighted by Gasteiger charge is 2.40. The van der Waals surface area contributed by atoms with E-state index in [1.54, 1.807) is 0 Å². The molecule has 4 N–H and O–H groups in total. The molecule has 0 aromatic carbocycles. The smallest absolute Gasteiger partial charge is 0.110 e. The van der Waals surface area contributed by atoms with Gasteiger partial charge >= 0.3 is 0 Å². The van der Waals surface area contributed by atoms with Gasteiger partial charge in [0.1, 0.15) is 6.23 Å². The summed E-state index contributed by atoms with van der Waals surface area (Å²) in [6.45, 7) is 13.0. The summed E-state index contributed by atoms with van der Waals surface area (Å²) < 4.78 is 0. The van der Waals surface area contributed by atoms with Crippen LogP contribution < -0.4 is 5.73 Å². The van der Waals surface area contributed by atoms with Crippen LogP contribution in [-0.2, 0) is 0 Å². The average Bonchev–Trinajstić information content (AvgIpc) is 2.26. The third kappa shape index (κ3) is 3.92. The van der Waals surface area contributed by atoms with Gasteiger partial charge in [-0.25, -0.2) is 0 Å². The second kappa shape index (κ2) is 7.43. The first-order valence-corrected chi connectivity index (χ1v) is 7.10. The maximum absolute atomic E-state index is 10.5. The van der Waals surface area contributed by atoms with E-state index in [2.05, 4.69) is 32.6 Å². The van der Waals surface area contributed by atoms with Crippen molar-refractivity contribution < 1.29 is 10.2 Å². The first-order chi connectivity index (χ1) is 8.22. The Morgan fingerprint density at radius 3 is 1.61 bits per heavy atom. The number of aliphatic hydroxyl groups excluding tert-OH is 2. The molecule has 0 rings (SSSR count). The standard InChI is InChI=1S/C14H32N2O2/c1-7-14(8-2,13(15)18)12(17)9-16(10(3)4)11(5)6/h10-13,17-18H,7-9,15H2,1-6H3. The summed E-state index contributed by atoms with van der Waals surface area (Å²) >= 11 is 0. The Morgan fingerprint density at radius 2 is 1.39 bits per heavy atom. The average molecular weight is 260 g/mol. The second-order valence-corrected chi connectivity index (χ2v) is 5.79. The summed E-state index contributed by atoms with van der Waals surface area (Å²) in [5, 5.41) is 20.3. The van der Waals surface area contributed by atoms with Gasteiger partial charge < -0.3 is 15.9 Å². The highest BCUT2D eigenvalue weighted by molar-refractivity contribution is 4.90. The predicted octanol–water partition coefficient (Wildman–Crippen LogP) is 1.55. The summed E-state index contributed by atoms with van der Waals surface area (Å²) in [6.07, 6.45) is -0.250. The van der Waals surface area contributed by atoms with Crippen molar-refractivity contribution >= 4 is 0 Å². The van der Waals surface area contributed by atoms with Crippen molar-refractivity contribution in [3.05, 3.63) is 0 Å². The number of hydrogen-bond acceptors (Lipinski definition) is 4. The molecular formula is C14H32N2O2. The molecule has 0 aromatic rings. The Bertz CT molecular complexity index is 218. The van der Waals surface area contributed by atoms with Gasteiger partial charge in [0.2, 0.25) is 0 Å². The molecule has 110 valence electrons. The van der Waals surface area contributed by atoms with E-state index in [-0.39, 0.29) is 0 Å². The van der Waals surface area contributed by atoms with Gasteiger partial charge in [-0.3, -0.25) is 4.90 Å². The molecule has 0 aromatic heterocycles. The van der Waals surface area contributed by atoms with Crippen LogP contribution in [0.2, 0.25) is 0 Å². The molecule has 0 aliphatic rings. The zero-order valence-electron chi connectivity index (χ0n) is 12.8. The summed E-state index contributed by atoms with van der Waals surface area (Å²) in [6, 6.07) is 0.724. The third-order valence-electron chi connectivity index (χ3n) is 4.28. The van der Waals surface area contributed by atoms with Crippen molar-refractivity contribution in [1.29, 1.82) is 0 Å². The Morgan fingerprint density at radius 1 is 1.00 bits per heavy atom. The normalized spacial score (nSPS) is 16.7. The zero-order valence-corrected chi connectivity index (χ0v) is 12.8. The van der Waals surface area contributed by atoms with Gasteiger partial charge in [0, 0.05) is 24.0 Å². The summed E-state index contributed by atoms with van der Waals surface area (Å²) in [4.78, 5) is 2.23. The van der Waals surface area contributed by atoms with E-state index in [1.807, 2.05) is 13.8 Å². The predicted molar refractivity (Wildman–Crippen MR) is 76.2 cm³/mol. The Hall–Kier alpha value is -0.160. The number of aliphatic hydroxyl groups is 2. The quantitative estimate of drug-likeness (QED) is 0.579. The first kappa shape index (κ1) is 17.8. The van der Waals surface area contributed by atoms with Crippen LogP contribution in [0.1, 0.15) is 54.4 Å². The fourth-order valence-electron chi connectivity index (χ4n) is 2.74. The van der Waals surface area contributed by atoms with Crippen LogP contribution >= 0.6 is 0 Å². The Labute approximate surface area is 112 Å². The lowest BCUT2D eigenvalue weighted by molar-refractivity contribution is -0.0900. The van der Waals surface area contributed by atoms with Gasteiger partial charge in [-0.1, -0.05) is 13.8 Å². The molecule has 0 spiro atoms. The summed E-state index contributed by atoms with van der Waals surface area (Å²) in [5.74, 6) is 0. The van der Waals surface area contributed by atoms with Crippen molar-refractivity contribution in [2.24, 2.45) is 11.1 Å². The highest BCUT2D eigenvalue weighted by atomic mass is 16.3. The molecule has 0 saturated heterocycles. The summed E-state index contributed by atoms with van der Waals surface area (Å²) in [5.41, 5.74) is 5.09. The molecule has 0 aliphatic heterocycles. The van der Waals surface area contributed by atoms with Crippen LogP contribution in [-0.4, -0.2) is 46.1 Å². The number of rotatable bonds is 8. The summed E-state index contributed by atoms with van der Waals surface area (Å²) in [7, 11) is 0. The second-order valence-electron chi connectivity index (χ2n) is 5.79. The lowest BCUT2D eigenvalue weighted by Gasteiger charge is -2.42. The molecule has 0 fully saturated rings. The van der Waals surface area contributed by atoms with E-state index in [0.29, 0.717) is 31.5 Å². The van der Waals surface area contributed by atoms with Crippen molar-refractivity contribution in [2.45, 2.75) is 78.8 Å². The van der Waals surface area contributed by atoms with E-state index in [9.17, 15) is 10.2 Å². The fraction of sp³-hybridized carbons (Fsp3) is 1.00.